The number of fused-ring (bicyclic) bond motifs is 1. The minimum absolute atomic E-state index is 0.0440. The van der Waals surface area contributed by atoms with E-state index in [9.17, 15) is 0 Å². The molecule has 162 valence electrons. The maximum atomic E-state index is 7.04. The van der Waals surface area contributed by atoms with Gasteiger partial charge < -0.3 is 23.8 Å². The lowest BCUT2D eigenvalue weighted by molar-refractivity contribution is -0.375. The monoisotopic (exact) mass is 411 g/mol. The van der Waals surface area contributed by atoms with E-state index in [4.69, 9.17) is 18.9 Å². The Morgan fingerprint density at radius 1 is 1.20 bits per heavy atom. The highest BCUT2D eigenvalue weighted by Crippen LogP contribution is 2.78. The number of ether oxygens (including phenoxy) is 4. The highest BCUT2D eigenvalue weighted by atomic mass is 16.7. The van der Waals surface area contributed by atoms with Crippen LogP contribution in [0.2, 0.25) is 0 Å². The van der Waals surface area contributed by atoms with E-state index in [2.05, 4.69) is 37.9 Å². The fourth-order valence-corrected chi connectivity index (χ4v) is 9.17. The molecule has 1 aromatic carbocycles. The molecule has 3 heterocycles. The van der Waals surface area contributed by atoms with Crippen molar-refractivity contribution < 1.29 is 18.9 Å². The van der Waals surface area contributed by atoms with Crippen molar-refractivity contribution in [2.75, 3.05) is 27.5 Å². The van der Waals surface area contributed by atoms with E-state index in [0.717, 1.165) is 43.7 Å². The van der Waals surface area contributed by atoms with E-state index in [-0.39, 0.29) is 28.1 Å². The Morgan fingerprint density at radius 2 is 2.07 bits per heavy atom. The van der Waals surface area contributed by atoms with Gasteiger partial charge in [0.2, 0.25) is 0 Å². The van der Waals surface area contributed by atoms with Crippen LogP contribution in [0.1, 0.15) is 57.1 Å². The van der Waals surface area contributed by atoms with Gasteiger partial charge >= 0.3 is 0 Å². The summed E-state index contributed by atoms with van der Waals surface area (Å²) in [5.41, 5.74) is 2.81. The minimum Gasteiger partial charge on any atom is -0.493 e. The van der Waals surface area contributed by atoms with Gasteiger partial charge in [-0.15, -0.1) is 0 Å². The van der Waals surface area contributed by atoms with Crippen molar-refractivity contribution in [2.24, 2.45) is 11.3 Å². The van der Waals surface area contributed by atoms with Gasteiger partial charge in [0.15, 0.2) is 11.5 Å². The molecule has 4 aliphatic carbocycles. The minimum atomic E-state index is -0.260. The van der Waals surface area contributed by atoms with Crippen molar-refractivity contribution in [1.29, 1.82) is 0 Å². The molecule has 0 radical (unpaired) electrons. The van der Waals surface area contributed by atoms with Crippen LogP contribution in [0.5, 0.6) is 11.5 Å². The summed E-state index contributed by atoms with van der Waals surface area (Å²) in [7, 11) is 4.11. The summed E-state index contributed by atoms with van der Waals surface area (Å²) >= 11 is 0. The van der Waals surface area contributed by atoms with Gasteiger partial charge in [-0.05, 0) is 70.7 Å². The second-order valence-corrected chi connectivity index (χ2v) is 11.0. The topological polar surface area (TPSA) is 40.2 Å². The van der Waals surface area contributed by atoms with Crippen LogP contribution in [0, 0.1) is 11.3 Å². The van der Waals surface area contributed by atoms with Crippen LogP contribution in [0.3, 0.4) is 0 Å². The average Bonchev–Trinajstić information content (AvgIpc) is 3.13. The number of hydrogen-bond donors (Lipinski definition) is 0. The lowest BCUT2D eigenvalue weighted by Gasteiger charge is -2.76. The van der Waals surface area contributed by atoms with Gasteiger partial charge in [0, 0.05) is 28.4 Å². The van der Waals surface area contributed by atoms with Crippen molar-refractivity contribution in [2.45, 2.75) is 81.1 Å². The molecule has 3 spiro atoms. The Labute approximate surface area is 179 Å². The van der Waals surface area contributed by atoms with Crippen molar-refractivity contribution >= 4 is 0 Å². The van der Waals surface area contributed by atoms with Gasteiger partial charge in [-0.3, -0.25) is 0 Å². The summed E-state index contributed by atoms with van der Waals surface area (Å²) < 4.78 is 25.9. The van der Waals surface area contributed by atoms with Crippen LogP contribution < -0.4 is 9.47 Å². The van der Waals surface area contributed by atoms with Crippen LogP contribution >= 0.6 is 0 Å². The molecule has 5 heteroatoms. The summed E-state index contributed by atoms with van der Waals surface area (Å²) in [5.74, 6) is 2.27. The Balaban J connectivity index is 1.54. The molecule has 7 aliphatic rings. The van der Waals surface area contributed by atoms with E-state index in [1.807, 2.05) is 0 Å². The first-order valence-corrected chi connectivity index (χ1v) is 11.8. The van der Waals surface area contributed by atoms with Gasteiger partial charge in [-0.2, -0.15) is 0 Å². The molecule has 1 aromatic rings. The summed E-state index contributed by atoms with van der Waals surface area (Å²) in [6.45, 7) is 6.11. The van der Waals surface area contributed by atoms with Crippen LogP contribution in [0.15, 0.2) is 12.1 Å². The molecule has 5 nitrogen and oxygen atoms in total. The summed E-state index contributed by atoms with van der Waals surface area (Å²) in [5, 5.41) is 0. The number of benzene rings is 1. The molecule has 2 saturated heterocycles. The standard InChI is InChI=1S/C25H33NO4/c1-5-22(2)17-13-23-8-9-25(17,29-14-28-22)21-24(23)10-11-26(3)18(23)12-15-6-7-16(27-4)20(30-21)19(15)24/h6-7,17-18,21H,5,8-14H2,1-4H3. The highest BCUT2D eigenvalue weighted by molar-refractivity contribution is 5.63. The molecule has 8 rings (SSSR count). The van der Waals surface area contributed by atoms with Gasteiger partial charge in [0.1, 0.15) is 18.5 Å². The van der Waals surface area contributed by atoms with Crippen molar-refractivity contribution in [1.82, 2.24) is 4.90 Å². The van der Waals surface area contributed by atoms with E-state index in [1.54, 1.807) is 7.11 Å². The van der Waals surface area contributed by atoms with Crippen LogP contribution in [0.4, 0.5) is 0 Å². The maximum absolute atomic E-state index is 7.04. The molecule has 3 aliphatic heterocycles. The predicted molar refractivity (Wildman–Crippen MR) is 112 cm³/mol. The lowest BCUT2D eigenvalue weighted by atomic mass is 9.33. The third kappa shape index (κ3) is 1.64. The number of likely N-dealkylation sites (N-methyl/N-ethyl adjacent to an activating group) is 1. The van der Waals surface area contributed by atoms with E-state index >= 15 is 0 Å². The predicted octanol–water partition coefficient (Wildman–Crippen LogP) is 3.67. The van der Waals surface area contributed by atoms with Crippen molar-refractivity contribution in [3.63, 3.8) is 0 Å². The van der Waals surface area contributed by atoms with Crippen LogP contribution in [-0.2, 0) is 21.3 Å². The van der Waals surface area contributed by atoms with Gasteiger partial charge in [-0.25, -0.2) is 0 Å². The summed E-state index contributed by atoms with van der Waals surface area (Å²) in [6.07, 6.45) is 6.84. The molecule has 0 N–H and O–H groups in total. The smallest absolute Gasteiger partial charge is 0.165 e. The Kier molecular flexibility index (Phi) is 3.27. The number of likely N-dealkylation sites (tertiary alicyclic amines) is 1. The van der Waals surface area contributed by atoms with E-state index < -0.39 is 0 Å². The number of nitrogens with zero attached hydrogens (tertiary/aromatic N) is 1. The van der Waals surface area contributed by atoms with E-state index in [1.165, 1.54) is 24.0 Å². The molecule has 5 fully saturated rings. The van der Waals surface area contributed by atoms with Crippen LogP contribution in [-0.4, -0.2) is 55.7 Å². The Morgan fingerprint density at radius 3 is 2.87 bits per heavy atom. The first-order valence-electron chi connectivity index (χ1n) is 11.8. The highest BCUT2D eigenvalue weighted by Gasteiger charge is 2.82. The number of methoxy groups -OCH3 is 1. The largest absolute Gasteiger partial charge is 0.493 e. The molecule has 0 aromatic heterocycles. The Bertz CT molecular complexity index is 949. The molecular weight excluding hydrogens is 378 g/mol. The zero-order valence-electron chi connectivity index (χ0n) is 18.6. The quantitative estimate of drug-likeness (QED) is 0.743. The van der Waals surface area contributed by atoms with Gasteiger partial charge in [0.25, 0.3) is 0 Å². The summed E-state index contributed by atoms with van der Waals surface area (Å²) in [6, 6.07) is 4.99. The molecule has 7 atom stereocenters. The number of rotatable bonds is 2. The second kappa shape index (κ2) is 5.36. The van der Waals surface area contributed by atoms with E-state index in [0.29, 0.717) is 18.8 Å². The lowest BCUT2D eigenvalue weighted by Crippen LogP contribution is -2.83. The fourth-order valence-electron chi connectivity index (χ4n) is 9.17. The zero-order valence-corrected chi connectivity index (χ0v) is 18.6. The average molecular weight is 412 g/mol. The number of piperidine rings is 1. The maximum Gasteiger partial charge on any atom is 0.165 e. The zero-order chi connectivity index (χ0) is 20.5. The number of hydrogen-bond acceptors (Lipinski definition) is 5. The summed E-state index contributed by atoms with van der Waals surface area (Å²) in [4.78, 5) is 2.65. The molecule has 3 saturated carbocycles. The molecule has 7 unspecified atom stereocenters. The molecular formula is C25H33NO4. The second-order valence-electron chi connectivity index (χ2n) is 11.0. The fraction of sp³-hybridized carbons (Fsp3) is 0.760. The van der Waals surface area contributed by atoms with Crippen molar-refractivity contribution in [3.8, 4) is 11.5 Å². The first kappa shape index (κ1) is 18.3. The Hall–Kier alpha value is -1.30. The molecule has 30 heavy (non-hydrogen) atoms. The first-order chi connectivity index (χ1) is 14.5. The van der Waals surface area contributed by atoms with Gasteiger partial charge in [0.05, 0.1) is 12.7 Å². The normalized spacial score (nSPS) is 49.9. The SMILES string of the molecule is CCC1(C)OCOC23CCC4(CC12)C1Cc2ccc(OC)c5c2C4(CCN1C)C3O5. The van der Waals surface area contributed by atoms with Gasteiger partial charge in [-0.1, -0.05) is 13.0 Å². The van der Waals surface area contributed by atoms with Crippen molar-refractivity contribution in [3.05, 3.63) is 23.3 Å². The van der Waals surface area contributed by atoms with Crippen LogP contribution in [0.25, 0.3) is 0 Å². The molecule has 4 bridgehead atoms. The third-order valence-electron chi connectivity index (χ3n) is 10.6. The third-order valence-corrected chi connectivity index (χ3v) is 10.6. The molecule has 0 amide bonds.